The molecule has 0 radical (unpaired) electrons. The maximum absolute atomic E-state index is 12.6. The monoisotopic (exact) mass is 362 g/mol. The minimum atomic E-state index is -0.860. The van der Waals surface area contributed by atoms with Gasteiger partial charge in [-0.2, -0.15) is 0 Å². The second kappa shape index (κ2) is 8.31. The first-order valence-corrected chi connectivity index (χ1v) is 8.62. The Morgan fingerprint density at radius 1 is 1.31 bits per heavy atom. The third-order valence-corrected chi connectivity index (χ3v) is 4.80. The van der Waals surface area contributed by atoms with Crippen molar-refractivity contribution in [3.8, 4) is 0 Å². The lowest BCUT2D eigenvalue weighted by Gasteiger charge is -2.24. The largest absolute Gasteiger partial charge is 0.467 e. The Bertz CT molecular complexity index is 703. The van der Waals surface area contributed by atoms with E-state index in [-0.39, 0.29) is 25.3 Å². The summed E-state index contributed by atoms with van der Waals surface area (Å²) >= 11 is 0. The van der Waals surface area contributed by atoms with Crippen LogP contribution in [0.1, 0.15) is 30.0 Å². The average Bonchev–Trinajstić information content (AvgIpc) is 2.99. The van der Waals surface area contributed by atoms with Crippen molar-refractivity contribution in [1.29, 1.82) is 0 Å². The molecule has 1 fully saturated rings. The highest BCUT2D eigenvalue weighted by Crippen LogP contribution is 2.19. The third kappa shape index (κ3) is 4.60. The molecule has 2 N–H and O–H groups in total. The molecule has 1 aliphatic heterocycles. The maximum atomic E-state index is 12.6. The van der Waals surface area contributed by atoms with E-state index in [1.807, 2.05) is 32.0 Å². The fourth-order valence-corrected chi connectivity index (χ4v) is 3.18. The summed E-state index contributed by atoms with van der Waals surface area (Å²) in [6.07, 6.45) is -0.302. The normalized spacial score (nSPS) is 20.6. The summed E-state index contributed by atoms with van der Waals surface area (Å²) in [5.41, 5.74) is 3.14. The molecule has 7 nitrogen and oxygen atoms in total. The summed E-state index contributed by atoms with van der Waals surface area (Å²) in [6, 6.07) is 4.20. The van der Waals surface area contributed by atoms with E-state index in [0.717, 1.165) is 16.7 Å². The molecule has 1 heterocycles. The Labute approximate surface area is 153 Å². The molecule has 1 aromatic carbocycles. The molecule has 1 aromatic rings. The number of hydrogen-bond acceptors (Lipinski definition) is 5. The molecule has 0 spiro atoms. The number of benzene rings is 1. The van der Waals surface area contributed by atoms with Crippen molar-refractivity contribution in [3.63, 3.8) is 0 Å². The van der Waals surface area contributed by atoms with Gasteiger partial charge in [-0.05, 0) is 30.5 Å². The lowest BCUT2D eigenvalue weighted by atomic mass is 10.0. The van der Waals surface area contributed by atoms with Crippen LogP contribution in [0.5, 0.6) is 0 Å². The lowest BCUT2D eigenvalue weighted by molar-refractivity contribution is -0.146. The number of carbonyl (C=O) groups excluding carboxylic acids is 3. The van der Waals surface area contributed by atoms with E-state index in [1.54, 1.807) is 0 Å². The van der Waals surface area contributed by atoms with Crippen molar-refractivity contribution < 1.29 is 24.2 Å². The smallest absolute Gasteiger partial charge is 0.328 e. The highest BCUT2D eigenvalue weighted by molar-refractivity contribution is 5.91. The summed E-state index contributed by atoms with van der Waals surface area (Å²) in [4.78, 5) is 37.8. The Morgan fingerprint density at radius 2 is 2.00 bits per heavy atom. The number of carbonyl (C=O) groups is 3. The van der Waals surface area contributed by atoms with Gasteiger partial charge in [-0.25, -0.2) is 4.79 Å². The Hall–Kier alpha value is -2.41. The van der Waals surface area contributed by atoms with Crippen molar-refractivity contribution in [2.45, 2.75) is 51.8 Å². The van der Waals surface area contributed by atoms with Gasteiger partial charge in [-0.3, -0.25) is 9.59 Å². The van der Waals surface area contributed by atoms with Gasteiger partial charge < -0.3 is 20.1 Å². The first-order valence-electron chi connectivity index (χ1n) is 8.62. The van der Waals surface area contributed by atoms with Crippen LogP contribution in [-0.4, -0.2) is 59.6 Å². The van der Waals surface area contributed by atoms with Crippen LogP contribution in [0.15, 0.2) is 18.2 Å². The summed E-state index contributed by atoms with van der Waals surface area (Å²) in [7, 11) is 1.27. The number of aliphatic hydroxyl groups excluding tert-OH is 1. The van der Waals surface area contributed by atoms with Crippen LogP contribution in [0.25, 0.3) is 0 Å². The van der Waals surface area contributed by atoms with Crippen molar-refractivity contribution in [2.24, 2.45) is 0 Å². The average molecular weight is 362 g/mol. The number of ether oxygens (including phenoxy) is 1. The van der Waals surface area contributed by atoms with Gasteiger partial charge in [-0.1, -0.05) is 18.2 Å². The fourth-order valence-electron chi connectivity index (χ4n) is 3.18. The zero-order chi connectivity index (χ0) is 19.4. The molecule has 0 aliphatic carbocycles. The molecule has 26 heavy (non-hydrogen) atoms. The molecule has 2 amide bonds. The highest BCUT2D eigenvalue weighted by Gasteiger charge is 2.38. The predicted molar refractivity (Wildman–Crippen MR) is 95.4 cm³/mol. The van der Waals surface area contributed by atoms with Gasteiger partial charge >= 0.3 is 5.97 Å². The minimum Gasteiger partial charge on any atom is -0.467 e. The van der Waals surface area contributed by atoms with Gasteiger partial charge in [0.2, 0.25) is 11.8 Å². The number of hydrogen-bond donors (Lipinski definition) is 2. The number of likely N-dealkylation sites (tertiary alicyclic amines) is 1. The Kier molecular flexibility index (Phi) is 6.37. The fraction of sp³-hybridized carbons (Fsp3) is 0.526. The number of methoxy groups -OCH3 is 1. The maximum Gasteiger partial charge on any atom is 0.328 e. The van der Waals surface area contributed by atoms with Crippen molar-refractivity contribution in [2.75, 3.05) is 13.7 Å². The first kappa shape index (κ1) is 19.9. The van der Waals surface area contributed by atoms with Crippen LogP contribution in [0, 0.1) is 13.8 Å². The van der Waals surface area contributed by atoms with E-state index in [9.17, 15) is 19.5 Å². The molecular weight excluding hydrogens is 336 g/mol. The van der Waals surface area contributed by atoms with Crippen LogP contribution in [0.2, 0.25) is 0 Å². The van der Waals surface area contributed by atoms with Crippen LogP contribution in [0.3, 0.4) is 0 Å². The SMILES string of the molecule is COC(=O)[C@@H](Cc1ccc(C)c(C)c1)NC(=O)[C@@H]1C[C@@H](O)CN1C(C)=O. The molecule has 3 atom stereocenters. The lowest BCUT2D eigenvalue weighted by Crippen LogP contribution is -2.51. The van der Waals surface area contributed by atoms with E-state index in [1.165, 1.54) is 18.9 Å². The molecular formula is C19H26N2O5. The molecule has 1 saturated heterocycles. The van der Waals surface area contributed by atoms with E-state index < -0.39 is 30.1 Å². The third-order valence-electron chi connectivity index (χ3n) is 4.80. The zero-order valence-electron chi connectivity index (χ0n) is 15.6. The van der Waals surface area contributed by atoms with E-state index in [0.29, 0.717) is 0 Å². The zero-order valence-corrected chi connectivity index (χ0v) is 15.6. The quantitative estimate of drug-likeness (QED) is 0.743. The highest BCUT2D eigenvalue weighted by atomic mass is 16.5. The van der Waals surface area contributed by atoms with Gasteiger partial charge in [0.15, 0.2) is 0 Å². The van der Waals surface area contributed by atoms with Crippen LogP contribution >= 0.6 is 0 Å². The number of nitrogens with zero attached hydrogens (tertiary/aromatic N) is 1. The molecule has 7 heteroatoms. The van der Waals surface area contributed by atoms with Gasteiger partial charge in [0.05, 0.1) is 13.2 Å². The van der Waals surface area contributed by atoms with Gasteiger partial charge in [0.25, 0.3) is 0 Å². The number of amides is 2. The number of aryl methyl sites for hydroxylation is 2. The molecule has 0 saturated carbocycles. The molecule has 2 rings (SSSR count). The topological polar surface area (TPSA) is 95.9 Å². The van der Waals surface area contributed by atoms with Crippen LogP contribution in [0.4, 0.5) is 0 Å². The van der Waals surface area contributed by atoms with Gasteiger partial charge in [0.1, 0.15) is 12.1 Å². The van der Waals surface area contributed by atoms with E-state index >= 15 is 0 Å². The van der Waals surface area contributed by atoms with Crippen LogP contribution < -0.4 is 5.32 Å². The number of esters is 1. The predicted octanol–water partition coefficient (Wildman–Crippen LogP) is 0.485. The summed E-state index contributed by atoms with van der Waals surface area (Å²) in [6.45, 7) is 5.45. The number of aliphatic hydroxyl groups is 1. The Balaban J connectivity index is 2.14. The van der Waals surface area contributed by atoms with E-state index in [4.69, 9.17) is 4.74 Å². The summed E-state index contributed by atoms with van der Waals surface area (Å²) in [5, 5.41) is 12.5. The summed E-state index contributed by atoms with van der Waals surface area (Å²) < 4.78 is 4.81. The number of β-amino-alcohol motifs (C(OH)–C–C–N with tert-alkyl or cyclic N) is 1. The molecule has 142 valence electrons. The second-order valence-electron chi connectivity index (χ2n) is 6.78. The Morgan fingerprint density at radius 3 is 2.58 bits per heavy atom. The standard InChI is InChI=1S/C19H26N2O5/c1-11-5-6-14(7-12(11)2)8-16(19(25)26-4)20-18(24)17-9-15(23)10-21(17)13(3)22/h5-7,15-17,23H,8-10H2,1-4H3,(H,20,24)/t15-,16-,17+/m1/s1. The van der Waals surface area contributed by atoms with Crippen LogP contribution in [-0.2, 0) is 25.5 Å². The molecule has 0 bridgehead atoms. The van der Waals surface area contributed by atoms with Crippen molar-refractivity contribution >= 4 is 17.8 Å². The molecule has 1 aliphatic rings. The van der Waals surface area contributed by atoms with E-state index in [2.05, 4.69) is 5.32 Å². The van der Waals surface area contributed by atoms with Crippen molar-refractivity contribution in [3.05, 3.63) is 34.9 Å². The van der Waals surface area contributed by atoms with Gasteiger partial charge in [0, 0.05) is 26.3 Å². The molecule has 0 unspecified atom stereocenters. The number of rotatable bonds is 5. The molecule has 0 aromatic heterocycles. The number of nitrogens with one attached hydrogen (secondary N) is 1. The first-order chi connectivity index (χ1) is 12.2. The van der Waals surface area contributed by atoms with Crippen molar-refractivity contribution in [1.82, 2.24) is 10.2 Å². The minimum absolute atomic E-state index is 0.119. The van der Waals surface area contributed by atoms with Gasteiger partial charge in [-0.15, -0.1) is 0 Å². The summed E-state index contributed by atoms with van der Waals surface area (Å²) in [5.74, 6) is -1.30. The second-order valence-corrected chi connectivity index (χ2v) is 6.78.